The van der Waals surface area contributed by atoms with Crippen molar-refractivity contribution in [3.05, 3.63) is 36.2 Å². The molecule has 1 aromatic heterocycles. The summed E-state index contributed by atoms with van der Waals surface area (Å²) in [5.74, 6) is 0.198. The molecule has 1 unspecified atom stereocenters. The minimum atomic E-state index is -0.500. The van der Waals surface area contributed by atoms with Crippen LogP contribution in [0.15, 0.2) is 30.5 Å². The molecule has 0 aliphatic heterocycles. The third-order valence-corrected chi connectivity index (χ3v) is 4.27. The van der Waals surface area contributed by atoms with Gasteiger partial charge in [-0.2, -0.15) is 0 Å². The number of pyridine rings is 1. The van der Waals surface area contributed by atoms with Gasteiger partial charge >= 0.3 is 0 Å². The number of carbonyl (C=O) groups excluding carboxylic acids is 2. The maximum Gasteiger partial charge on any atom is 0.269 e. The molecule has 1 atom stereocenters. The van der Waals surface area contributed by atoms with Crippen molar-refractivity contribution in [2.75, 3.05) is 7.05 Å². The first-order valence-corrected chi connectivity index (χ1v) is 8.30. The van der Waals surface area contributed by atoms with Crippen LogP contribution in [0.1, 0.15) is 50.0 Å². The lowest BCUT2D eigenvalue weighted by Gasteiger charge is -2.26. The van der Waals surface area contributed by atoms with E-state index in [9.17, 15) is 9.59 Å². The Bertz CT molecular complexity index is 622. The molecule has 6 heteroatoms. The van der Waals surface area contributed by atoms with E-state index in [4.69, 9.17) is 4.74 Å². The van der Waals surface area contributed by atoms with Gasteiger partial charge in [0.1, 0.15) is 11.4 Å². The van der Waals surface area contributed by atoms with Crippen LogP contribution < -0.4 is 15.4 Å². The maximum atomic E-state index is 12.7. The summed E-state index contributed by atoms with van der Waals surface area (Å²) < 4.78 is 5.73. The third-order valence-electron chi connectivity index (χ3n) is 4.27. The highest BCUT2D eigenvalue weighted by Crippen LogP contribution is 2.39. The molecule has 1 saturated carbocycles. The number of carbonyl (C=O) groups is 2. The fourth-order valence-corrected chi connectivity index (χ4v) is 3.09. The molecule has 0 aromatic carbocycles. The molecule has 2 amide bonds. The van der Waals surface area contributed by atoms with Crippen LogP contribution >= 0.6 is 0 Å². The van der Waals surface area contributed by atoms with E-state index < -0.39 is 11.6 Å². The second kappa shape index (κ2) is 7.95. The monoisotopic (exact) mass is 331 g/mol. The van der Waals surface area contributed by atoms with Gasteiger partial charge in [0.15, 0.2) is 6.23 Å². The topological polar surface area (TPSA) is 80.3 Å². The molecule has 0 saturated heterocycles. The molecule has 130 valence electrons. The van der Waals surface area contributed by atoms with Gasteiger partial charge in [0.25, 0.3) is 5.91 Å². The van der Waals surface area contributed by atoms with Gasteiger partial charge in [-0.05, 0) is 32.8 Å². The second-order valence-corrected chi connectivity index (χ2v) is 6.05. The third kappa shape index (κ3) is 4.13. The molecule has 0 spiro atoms. The molecule has 0 radical (unpaired) electrons. The lowest BCUT2D eigenvalue weighted by Crippen LogP contribution is -2.44. The number of amides is 2. The molecular weight excluding hydrogens is 306 g/mol. The molecule has 1 aromatic rings. The predicted octanol–water partition coefficient (Wildman–Crippen LogP) is 2.42. The van der Waals surface area contributed by atoms with Gasteiger partial charge in [0.05, 0.1) is 5.41 Å². The highest BCUT2D eigenvalue weighted by molar-refractivity contribution is 5.92. The van der Waals surface area contributed by atoms with E-state index in [2.05, 4.69) is 15.6 Å². The van der Waals surface area contributed by atoms with E-state index in [1.54, 1.807) is 26.1 Å². The quantitative estimate of drug-likeness (QED) is 0.620. The highest BCUT2D eigenvalue weighted by Gasteiger charge is 2.39. The van der Waals surface area contributed by atoms with Crippen molar-refractivity contribution in [1.29, 1.82) is 0 Å². The van der Waals surface area contributed by atoms with Crippen LogP contribution in [0.5, 0.6) is 5.75 Å². The van der Waals surface area contributed by atoms with Crippen molar-refractivity contribution in [1.82, 2.24) is 15.6 Å². The Hall–Kier alpha value is -2.37. The van der Waals surface area contributed by atoms with Crippen LogP contribution in [0.2, 0.25) is 0 Å². The van der Waals surface area contributed by atoms with E-state index in [-0.39, 0.29) is 17.5 Å². The van der Waals surface area contributed by atoms with E-state index in [0.29, 0.717) is 5.75 Å². The number of rotatable bonds is 6. The van der Waals surface area contributed by atoms with Gasteiger partial charge in [0.2, 0.25) is 5.91 Å². The summed E-state index contributed by atoms with van der Waals surface area (Å²) in [6, 6.07) is 3.21. The molecule has 1 fully saturated rings. The molecule has 1 aliphatic carbocycles. The van der Waals surface area contributed by atoms with Crippen molar-refractivity contribution in [2.45, 2.75) is 45.8 Å². The summed E-state index contributed by atoms with van der Waals surface area (Å²) in [6.45, 7) is 3.71. The molecule has 1 heterocycles. The van der Waals surface area contributed by atoms with Crippen molar-refractivity contribution >= 4 is 11.8 Å². The van der Waals surface area contributed by atoms with Crippen LogP contribution in [0.25, 0.3) is 0 Å². The molecule has 1 aliphatic rings. The van der Waals surface area contributed by atoms with Gasteiger partial charge in [-0.3, -0.25) is 14.6 Å². The summed E-state index contributed by atoms with van der Waals surface area (Å²) >= 11 is 0. The fraction of sp³-hybridized carbons (Fsp3) is 0.500. The number of ether oxygens (including phenoxy) is 1. The first kappa shape index (κ1) is 18.0. The lowest BCUT2D eigenvalue weighted by molar-refractivity contribution is -0.130. The Balaban J connectivity index is 2.01. The number of aromatic nitrogens is 1. The van der Waals surface area contributed by atoms with Crippen LogP contribution in [0.4, 0.5) is 0 Å². The average molecular weight is 331 g/mol. The predicted molar refractivity (Wildman–Crippen MR) is 91.6 cm³/mol. The Labute approximate surface area is 142 Å². The average Bonchev–Trinajstić information content (AvgIpc) is 3.04. The zero-order chi connectivity index (χ0) is 17.6. The standard InChI is InChI=1S/C18H25N3O3/c1-4-8-18(9-5-6-10-18)17(23)21-13(2)24-14-7-11-20-15(12-14)16(22)19-3/h4,7-8,11-13H,5-6,9-10H2,1-3H3,(H,19,22)(H,21,23)/b8-4+. The molecule has 2 rings (SSSR count). The summed E-state index contributed by atoms with van der Waals surface area (Å²) in [5.41, 5.74) is -0.146. The molecule has 2 N–H and O–H groups in total. The summed E-state index contributed by atoms with van der Waals surface area (Å²) in [5, 5.41) is 5.44. The number of allylic oxidation sites excluding steroid dienone is 1. The molecular formula is C18H25N3O3. The Morgan fingerprint density at radius 1 is 1.38 bits per heavy atom. The van der Waals surface area contributed by atoms with Crippen molar-refractivity contribution in [3.8, 4) is 5.75 Å². The smallest absolute Gasteiger partial charge is 0.269 e. The van der Waals surface area contributed by atoms with Crippen LogP contribution in [0, 0.1) is 5.41 Å². The molecule has 0 bridgehead atoms. The van der Waals surface area contributed by atoms with E-state index in [1.807, 2.05) is 19.1 Å². The number of hydrogen-bond donors (Lipinski definition) is 2. The van der Waals surface area contributed by atoms with E-state index >= 15 is 0 Å². The number of hydrogen-bond acceptors (Lipinski definition) is 4. The fourth-order valence-electron chi connectivity index (χ4n) is 3.09. The SMILES string of the molecule is C/C=C/C1(C(=O)NC(C)Oc2ccnc(C(=O)NC)c2)CCCC1. The van der Waals surface area contributed by atoms with E-state index in [1.165, 1.54) is 6.20 Å². The normalized spacial score (nSPS) is 17.5. The lowest BCUT2D eigenvalue weighted by atomic mass is 9.84. The van der Waals surface area contributed by atoms with Crippen molar-refractivity contribution < 1.29 is 14.3 Å². The summed E-state index contributed by atoms with van der Waals surface area (Å²) in [6.07, 6.45) is 8.80. The second-order valence-electron chi connectivity index (χ2n) is 6.05. The maximum absolute atomic E-state index is 12.7. The minimum absolute atomic E-state index is 0.00817. The van der Waals surface area contributed by atoms with Gasteiger partial charge < -0.3 is 15.4 Å². The first-order chi connectivity index (χ1) is 11.5. The Morgan fingerprint density at radius 2 is 2.08 bits per heavy atom. The zero-order valence-corrected chi connectivity index (χ0v) is 14.5. The summed E-state index contributed by atoms with van der Waals surface area (Å²) in [4.78, 5) is 28.3. The van der Waals surface area contributed by atoms with E-state index in [0.717, 1.165) is 25.7 Å². The zero-order valence-electron chi connectivity index (χ0n) is 14.5. The number of nitrogens with one attached hydrogen (secondary N) is 2. The largest absolute Gasteiger partial charge is 0.471 e. The summed E-state index contributed by atoms with van der Waals surface area (Å²) in [7, 11) is 1.54. The van der Waals surface area contributed by atoms with Crippen LogP contribution in [0.3, 0.4) is 0 Å². The first-order valence-electron chi connectivity index (χ1n) is 8.30. The van der Waals surface area contributed by atoms with Gasteiger partial charge in [-0.15, -0.1) is 0 Å². The van der Waals surface area contributed by atoms with Gasteiger partial charge in [-0.25, -0.2) is 0 Å². The van der Waals surface area contributed by atoms with Gasteiger partial charge in [-0.1, -0.05) is 25.0 Å². The molecule has 6 nitrogen and oxygen atoms in total. The van der Waals surface area contributed by atoms with Crippen LogP contribution in [-0.2, 0) is 4.79 Å². The van der Waals surface area contributed by atoms with Crippen molar-refractivity contribution in [2.24, 2.45) is 5.41 Å². The Morgan fingerprint density at radius 3 is 2.71 bits per heavy atom. The van der Waals surface area contributed by atoms with Crippen LogP contribution in [-0.4, -0.2) is 30.1 Å². The molecule has 24 heavy (non-hydrogen) atoms. The minimum Gasteiger partial charge on any atom is -0.471 e. The van der Waals surface area contributed by atoms with Gasteiger partial charge in [0, 0.05) is 19.3 Å². The number of nitrogens with zero attached hydrogens (tertiary/aromatic N) is 1. The Kier molecular flexibility index (Phi) is 5.95. The highest BCUT2D eigenvalue weighted by atomic mass is 16.5. The van der Waals surface area contributed by atoms with Crippen molar-refractivity contribution in [3.63, 3.8) is 0 Å².